The minimum Gasteiger partial charge on any atom is -0.484 e. The number of esters is 1. The van der Waals surface area contributed by atoms with Gasteiger partial charge in [0.05, 0.1) is 12.2 Å². The topological polar surface area (TPSA) is 55.8 Å². The predicted octanol–water partition coefficient (Wildman–Crippen LogP) is 3.69. The highest BCUT2D eigenvalue weighted by Crippen LogP contribution is 2.20. The molecule has 0 aliphatic heterocycles. The van der Waals surface area contributed by atoms with Gasteiger partial charge in [-0.3, -0.25) is 4.79 Å². The summed E-state index contributed by atoms with van der Waals surface area (Å²) in [6, 6.07) is 10.6. The van der Waals surface area contributed by atoms with Crippen molar-refractivity contribution in [1.82, 2.24) is 4.90 Å². The van der Waals surface area contributed by atoms with E-state index in [2.05, 4.69) is 0 Å². The lowest BCUT2D eigenvalue weighted by atomic mass is 10.2. The minimum atomic E-state index is -0.465. The maximum Gasteiger partial charge on any atom is 0.338 e. The van der Waals surface area contributed by atoms with Crippen molar-refractivity contribution in [2.24, 2.45) is 0 Å². The fraction of sp³-hybridized carbons (Fsp3) is 0.263. The van der Waals surface area contributed by atoms with Gasteiger partial charge >= 0.3 is 5.97 Å². The van der Waals surface area contributed by atoms with Crippen molar-refractivity contribution < 1.29 is 23.5 Å². The van der Waals surface area contributed by atoms with E-state index in [1.807, 2.05) is 0 Å². The Kier molecular flexibility index (Phi) is 6.97. The van der Waals surface area contributed by atoms with E-state index in [-0.39, 0.29) is 29.6 Å². The molecule has 0 aromatic heterocycles. The summed E-state index contributed by atoms with van der Waals surface area (Å²) in [7, 11) is 1.54. The van der Waals surface area contributed by atoms with E-state index in [0.29, 0.717) is 17.9 Å². The first-order valence-corrected chi connectivity index (χ1v) is 8.37. The first-order valence-electron chi connectivity index (χ1n) is 7.99. The molecule has 0 radical (unpaired) electrons. The Morgan fingerprint density at radius 3 is 2.46 bits per heavy atom. The van der Waals surface area contributed by atoms with Gasteiger partial charge in [0.15, 0.2) is 6.61 Å². The molecule has 0 saturated heterocycles. The number of likely N-dealkylation sites (N-methyl/N-ethyl adjacent to an activating group) is 1. The van der Waals surface area contributed by atoms with Gasteiger partial charge in [-0.1, -0.05) is 17.7 Å². The normalized spacial score (nSPS) is 10.3. The molecule has 0 N–H and O–H groups in total. The van der Waals surface area contributed by atoms with Crippen LogP contribution in [0.1, 0.15) is 22.8 Å². The molecule has 0 heterocycles. The van der Waals surface area contributed by atoms with Gasteiger partial charge in [-0.15, -0.1) is 0 Å². The lowest BCUT2D eigenvalue weighted by Gasteiger charge is -2.18. The number of amides is 1. The number of hydrogen-bond donors (Lipinski definition) is 0. The summed E-state index contributed by atoms with van der Waals surface area (Å²) in [4.78, 5) is 25.1. The molecule has 2 rings (SSSR count). The van der Waals surface area contributed by atoms with Crippen molar-refractivity contribution in [2.75, 3.05) is 20.3 Å². The van der Waals surface area contributed by atoms with Crippen molar-refractivity contribution in [3.63, 3.8) is 0 Å². The van der Waals surface area contributed by atoms with Crippen molar-refractivity contribution in [2.45, 2.75) is 13.5 Å². The fourth-order valence-electron chi connectivity index (χ4n) is 2.17. The predicted molar refractivity (Wildman–Crippen MR) is 95.8 cm³/mol. The maximum atomic E-state index is 13.8. The summed E-state index contributed by atoms with van der Waals surface area (Å²) in [5.41, 5.74) is 0.653. The second-order valence-corrected chi connectivity index (χ2v) is 5.89. The number of halogens is 2. The average molecular weight is 380 g/mol. The molecule has 5 nitrogen and oxygen atoms in total. The zero-order valence-electron chi connectivity index (χ0n) is 14.5. The smallest absolute Gasteiger partial charge is 0.338 e. The molecule has 0 aliphatic carbocycles. The summed E-state index contributed by atoms with van der Waals surface area (Å²) in [5, 5.41) is 0.264. The molecular formula is C19H19ClFNO4. The van der Waals surface area contributed by atoms with E-state index in [4.69, 9.17) is 21.1 Å². The average Bonchev–Trinajstić information content (AvgIpc) is 2.63. The highest BCUT2D eigenvalue weighted by atomic mass is 35.5. The van der Waals surface area contributed by atoms with Gasteiger partial charge in [-0.25, -0.2) is 9.18 Å². The Labute approximate surface area is 156 Å². The largest absolute Gasteiger partial charge is 0.484 e. The van der Waals surface area contributed by atoms with E-state index in [1.54, 1.807) is 37.3 Å². The van der Waals surface area contributed by atoms with Crippen LogP contribution in [-0.4, -0.2) is 37.0 Å². The van der Waals surface area contributed by atoms with Crippen molar-refractivity contribution in [1.29, 1.82) is 0 Å². The third-order valence-corrected chi connectivity index (χ3v) is 3.96. The van der Waals surface area contributed by atoms with Crippen LogP contribution in [0.4, 0.5) is 4.39 Å². The first kappa shape index (κ1) is 19.7. The van der Waals surface area contributed by atoms with Crippen LogP contribution in [0.15, 0.2) is 42.5 Å². The number of carbonyl (C=O) groups excluding carboxylic acids is 2. The van der Waals surface area contributed by atoms with Gasteiger partial charge < -0.3 is 14.4 Å². The molecule has 0 unspecified atom stereocenters. The van der Waals surface area contributed by atoms with Gasteiger partial charge in [0.1, 0.15) is 11.6 Å². The number of nitrogens with zero attached hydrogens (tertiary/aromatic N) is 1. The number of benzene rings is 2. The van der Waals surface area contributed by atoms with E-state index < -0.39 is 11.8 Å². The standard InChI is InChI=1S/C19H19ClFNO4/c1-3-25-19(24)13-7-9-14(10-8-13)26-12-18(23)22(2)11-15-16(20)5-4-6-17(15)21/h4-10H,3,11-12H2,1-2H3. The first-order chi connectivity index (χ1) is 12.4. The minimum absolute atomic E-state index is 0.0372. The summed E-state index contributed by atoms with van der Waals surface area (Å²) in [6.45, 7) is 1.84. The van der Waals surface area contributed by atoms with Crippen LogP contribution in [0.25, 0.3) is 0 Å². The van der Waals surface area contributed by atoms with E-state index >= 15 is 0 Å². The number of carbonyl (C=O) groups is 2. The zero-order chi connectivity index (χ0) is 19.1. The van der Waals surface area contributed by atoms with E-state index in [9.17, 15) is 14.0 Å². The van der Waals surface area contributed by atoms with Gasteiger partial charge in [0.2, 0.25) is 0 Å². The highest BCUT2D eigenvalue weighted by molar-refractivity contribution is 6.31. The van der Waals surface area contributed by atoms with Crippen LogP contribution < -0.4 is 4.74 Å². The molecule has 2 aromatic rings. The molecular weight excluding hydrogens is 361 g/mol. The Hall–Kier alpha value is -2.60. The van der Waals surface area contributed by atoms with Crippen molar-refractivity contribution in [3.8, 4) is 5.75 Å². The Balaban J connectivity index is 1.90. The second-order valence-electron chi connectivity index (χ2n) is 5.48. The summed E-state index contributed by atoms with van der Waals surface area (Å²) >= 11 is 5.97. The van der Waals surface area contributed by atoms with Gasteiger partial charge in [0.25, 0.3) is 5.91 Å². The third-order valence-electron chi connectivity index (χ3n) is 3.61. The van der Waals surface area contributed by atoms with Crippen molar-refractivity contribution in [3.05, 3.63) is 64.4 Å². The Morgan fingerprint density at radius 2 is 1.85 bits per heavy atom. The van der Waals surface area contributed by atoms with Crippen LogP contribution in [0.2, 0.25) is 5.02 Å². The molecule has 138 valence electrons. The maximum absolute atomic E-state index is 13.8. The lowest BCUT2D eigenvalue weighted by Crippen LogP contribution is -2.31. The molecule has 0 bridgehead atoms. The zero-order valence-corrected chi connectivity index (χ0v) is 15.3. The number of ether oxygens (including phenoxy) is 2. The molecule has 1 amide bonds. The quantitative estimate of drug-likeness (QED) is 0.688. The van der Waals surface area contributed by atoms with Crippen LogP contribution in [0, 0.1) is 5.82 Å². The fourth-order valence-corrected chi connectivity index (χ4v) is 2.39. The van der Waals surface area contributed by atoms with E-state index in [1.165, 1.54) is 24.1 Å². The Morgan fingerprint density at radius 1 is 1.15 bits per heavy atom. The molecule has 0 spiro atoms. The summed E-state index contributed by atoms with van der Waals surface area (Å²) in [6.07, 6.45) is 0. The third kappa shape index (κ3) is 5.20. The molecule has 0 aliphatic rings. The summed E-state index contributed by atoms with van der Waals surface area (Å²) in [5.74, 6) is -0.785. The summed E-state index contributed by atoms with van der Waals surface area (Å²) < 4.78 is 24.1. The van der Waals surface area contributed by atoms with Crippen LogP contribution in [0.5, 0.6) is 5.75 Å². The molecule has 2 aromatic carbocycles. The Bertz CT molecular complexity index is 759. The number of hydrogen-bond acceptors (Lipinski definition) is 4. The second kappa shape index (κ2) is 9.20. The van der Waals surface area contributed by atoms with Crippen LogP contribution >= 0.6 is 11.6 Å². The van der Waals surface area contributed by atoms with Gasteiger partial charge in [-0.05, 0) is 43.3 Å². The molecule has 0 atom stereocenters. The highest BCUT2D eigenvalue weighted by Gasteiger charge is 2.15. The van der Waals surface area contributed by atoms with Crippen LogP contribution in [-0.2, 0) is 16.1 Å². The molecule has 7 heteroatoms. The van der Waals surface area contributed by atoms with Gasteiger partial charge in [-0.2, -0.15) is 0 Å². The van der Waals surface area contributed by atoms with Gasteiger partial charge in [0, 0.05) is 24.2 Å². The molecule has 0 fully saturated rings. The SMILES string of the molecule is CCOC(=O)c1ccc(OCC(=O)N(C)Cc2c(F)cccc2Cl)cc1. The molecule has 26 heavy (non-hydrogen) atoms. The monoisotopic (exact) mass is 379 g/mol. The van der Waals surface area contributed by atoms with Crippen LogP contribution in [0.3, 0.4) is 0 Å². The van der Waals surface area contributed by atoms with E-state index in [0.717, 1.165) is 0 Å². The van der Waals surface area contributed by atoms with Crippen molar-refractivity contribution >= 4 is 23.5 Å². The lowest BCUT2D eigenvalue weighted by molar-refractivity contribution is -0.132. The molecule has 0 saturated carbocycles. The number of rotatable bonds is 7.